The molecule has 33 heavy (non-hydrogen) atoms. The summed E-state index contributed by atoms with van der Waals surface area (Å²) in [4.78, 5) is 11.1. The van der Waals surface area contributed by atoms with E-state index in [0.29, 0.717) is 0 Å². The maximum atomic E-state index is 11.1. The second-order valence-electron chi connectivity index (χ2n) is 7.32. The highest BCUT2D eigenvalue weighted by molar-refractivity contribution is 5.93. The highest BCUT2D eigenvalue weighted by Crippen LogP contribution is 2.10. The topological polar surface area (TPSA) is 53.2 Å². The molecule has 0 bridgehead atoms. The molecule has 0 radical (unpaired) electrons. The van der Waals surface area contributed by atoms with Crippen LogP contribution in [0.5, 0.6) is 0 Å². The van der Waals surface area contributed by atoms with Crippen LogP contribution in [0, 0.1) is 6.92 Å². The Bertz CT molecular complexity index is 1010. The van der Waals surface area contributed by atoms with E-state index < -0.39 is 0 Å². The lowest BCUT2D eigenvalue weighted by molar-refractivity contribution is 0.0963. The number of rotatable bonds is 6. The van der Waals surface area contributed by atoms with E-state index in [1.54, 1.807) is 7.05 Å². The van der Waals surface area contributed by atoms with Crippen molar-refractivity contribution in [2.75, 3.05) is 21.1 Å². The summed E-state index contributed by atoms with van der Waals surface area (Å²) in [5.41, 5.74) is 7.46. The number of carbonyl (C=O) groups is 1. The van der Waals surface area contributed by atoms with Crippen molar-refractivity contribution in [2.45, 2.75) is 20.3 Å². The fourth-order valence-corrected chi connectivity index (χ4v) is 2.80. The van der Waals surface area contributed by atoms with E-state index >= 15 is 0 Å². The summed E-state index contributed by atoms with van der Waals surface area (Å²) in [6.07, 6.45) is 1.01. The zero-order valence-electron chi connectivity index (χ0n) is 20.5. The number of benzene rings is 3. The Labute approximate surface area is 199 Å². The predicted octanol–water partition coefficient (Wildman–Crippen LogP) is 5.67. The lowest BCUT2D eigenvalue weighted by atomic mass is 10.1. The van der Waals surface area contributed by atoms with Gasteiger partial charge >= 0.3 is 0 Å². The Hall–Kier alpha value is -3.79. The summed E-state index contributed by atoms with van der Waals surface area (Å²) in [5.74, 6) is -0.0300. The highest BCUT2D eigenvalue weighted by atomic mass is 16.1. The SMILES string of the molecule is C=C(NC)c1cccc(C)c1.C=C(NC)c1ccccc1.CCc1ccc(C(=O)NC)cc1. The maximum absolute atomic E-state index is 11.1. The van der Waals surface area contributed by atoms with Crippen LogP contribution in [0.25, 0.3) is 11.4 Å². The number of nitrogens with one attached hydrogen (secondary N) is 3. The monoisotopic (exact) mass is 443 g/mol. The molecule has 0 spiro atoms. The quantitative estimate of drug-likeness (QED) is 0.460. The zero-order chi connectivity index (χ0) is 24.6. The van der Waals surface area contributed by atoms with Crippen LogP contribution in [-0.2, 0) is 6.42 Å². The summed E-state index contributed by atoms with van der Waals surface area (Å²) in [6.45, 7) is 11.9. The van der Waals surface area contributed by atoms with Gasteiger partial charge in [0.1, 0.15) is 0 Å². The first-order valence-corrected chi connectivity index (χ1v) is 11.0. The van der Waals surface area contributed by atoms with E-state index in [1.165, 1.54) is 11.1 Å². The molecule has 3 N–H and O–H groups in total. The number of aryl methyl sites for hydroxylation is 2. The molecule has 0 saturated carbocycles. The average molecular weight is 444 g/mol. The van der Waals surface area contributed by atoms with E-state index in [0.717, 1.165) is 34.5 Å². The Morgan fingerprint density at radius 2 is 1.24 bits per heavy atom. The minimum Gasteiger partial charge on any atom is -0.388 e. The van der Waals surface area contributed by atoms with Gasteiger partial charge in [-0.15, -0.1) is 0 Å². The number of hydrogen-bond acceptors (Lipinski definition) is 3. The second-order valence-corrected chi connectivity index (χ2v) is 7.32. The number of carbonyl (C=O) groups excluding carboxylic acids is 1. The lowest BCUT2D eigenvalue weighted by Gasteiger charge is -2.04. The normalized spacial score (nSPS) is 9.24. The molecule has 0 aliphatic rings. The first-order chi connectivity index (χ1) is 15.9. The Balaban J connectivity index is 0.000000249. The molecule has 0 heterocycles. The number of hydrogen-bond donors (Lipinski definition) is 3. The molecule has 3 aromatic carbocycles. The van der Waals surface area contributed by atoms with Crippen molar-refractivity contribution in [3.8, 4) is 0 Å². The van der Waals surface area contributed by atoms with Gasteiger partial charge in [0.15, 0.2) is 0 Å². The fourth-order valence-electron chi connectivity index (χ4n) is 2.80. The molecule has 0 aromatic heterocycles. The Kier molecular flexibility index (Phi) is 12.5. The molecule has 0 fully saturated rings. The van der Waals surface area contributed by atoms with Crippen molar-refractivity contribution in [3.63, 3.8) is 0 Å². The third kappa shape index (κ3) is 9.92. The van der Waals surface area contributed by atoms with E-state index in [4.69, 9.17) is 0 Å². The molecule has 0 atom stereocenters. The van der Waals surface area contributed by atoms with E-state index in [2.05, 4.69) is 55.1 Å². The van der Waals surface area contributed by atoms with Crippen LogP contribution in [0.4, 0.5) is 0 Å². The lowest BCUT2D eigenvalue weighted by Crippen LogP contribution is -2.17. The molecular formula is C29H37N3O. The molecule has 0 aliphatic heterocycles. The van der Waals surface area contributed by atoms with Crippen molar-refractivity contribution < 1.29 is 4.79 Å². The maximum Gasteiger partial charge on any atom is 0.251 e. The molecule has 3 rings (SSSR count). The van der Waals surface area contributed by atoms with Crippen LogP contribution in [0.1, 0.15) is 39.5 Å². The summed E-state index contributed by atoms with van der Waals surface area (Å²) < 4.78 is 0. The minimum absolute atomic E-state index is 0.0300. The van der Waals surface area contributed by atoms with Crippen LogP contribution in [0.2, 0.25) is 0 Å². The standard InChI is InChI=1S/C10H13NO.C10H13N.C9H11N/c1-3-8-4-6-9(7-5-8)10(12)11-2;1-8-5-4-6-10(7-8)9(2)11-3;1-8(10-2)9-6-4-3-5-7-9/h4-7H,3H2,1-2H3,(H,11,12);4-7,11H,2H2,1,3H3;3-7,10H,1H2,2H3. The summed E-state index contributed by atoms with van der Waals surface area (Å²) >= 11 is 0. The van der Waals surface area contributed by atoms with Gasteiger partial charge in [0, 0.05) is 38.1 Å². The van der Waals surface area contributed by atoms with Gasteiger partial charge in [0.05, 0.1) is 0 Å². The van der Waals surface area contributed by atoms with Gasteiger partial charge < -0.3 is 16.0 Å². The van der Waals surface area contributed by atoms with Gasteiger partial charge in [-0.05, 0) is 48.2 Å². The van der Waals surface area contributed by atoms with Gasteiger partial charge in [-0.25, -0.2) is 0 Å². The van der Waals surface area contributed by atoms with Crippen LogP contribution < -0.4 is 16.0 Å². The second kappa shape index (κ2) is 15.1. The summed E-state index contributed by atoms with van der Waals surface area (Å²) in [6, 6.07) is 26.0. The molecule has 0 unspecified atom stereocenters. The third-order valence-corrected chi connectivity index (χ3v) is 4.94. The highest BCUT2D eigenvalue weighted by Gasteiger charge is 2.00. The molecule has 0 saturated heterocycles. The molecule has 4 nitrogen and oxygen atoms in total. The van der Waals surface area contributed by atoms with Crippen molar-refractivity contribution >= 4 is 17.3 Å². The molecule has 174 valence electrons. The van der Waals surface area contributed by atoms with Gasteiger partial charge in [0.25, 0.3) is 5.91 Å². The zero-order valence-corrected chi connectivity index (χ0v) is 20.5. The van der Waals surface area contributed by atoms with Crippen LogP contribution >= 0.6 is 0 Å². The van der Waals surface area contributed by atoms with Crippen molar-refractivity contribution in [1.29, 1.82) is 0 Å². The van der Waals surface area contributed by atoms with Gasteiger partial charge in [0.2, 0.25) is 0 Å². The van der Waals surface area contributed by atoms with Crippen molar-refractivity contribution in [1.82, 2.24) is 16.0 Å². The fraction of sp³-hybridized carbons (Fsp3) is 0.207. The average Bonchev–Trinajstić information content (AvgIpc) is 2.88. The van der Waals surface area contributed by atoms with E-state index in [-0.39, 0.29) is 5.91 Å². The summed E-state index contributed by atoms with van der Waals surface area (Å²) in [7, 11) is 5.38. The molecule has 3 aromatic rings. The largest absolute Gasteiger partial charge is 0.388 e. The third-order valence-electron chi connectivity index (χ3n) is 4.94. The Morgan fingerprint density at radius 1 is 0.697 bits per heavy atom. The first-order valence-electron chi connectivity index (χ1n) is 11.0. The molecule has 1 amide bonds. The summed E-state index contributed by atoms with van der Waals surface area (Å²) in [5, 5.41) is 8.58. The van der Waals surface area contributed by atoms with Gasteiger partial charge in [-0.1, -0.05) is 86.3 Å². The first kappa shape index (κ1) is 27.2. The van der Waals surface area contributed by atoms with Gasteiger partial charge in [-0.2, -0.15) is 0 Å². The van der Waals surface area contributed by atoms with Crippen LogP contribution in [0.15, 0.2) is 92.0 Å². The van der Waals surface area contributed by atoms with E-state index in [9.17, 15) is 4.79 Å². The minimum atomic E-state index is -0.0300. The molecule has 0 aliphatic carbocycles. The number of amides is 1. The van der Waals surface area contributed by atoms with Crippen molar-refractivity contribution in [3.05, 3.63) is 120 Å². The molecule has 4 heteroatoms. The van der Waals surface area contributed by atoms with Crippen LogP contribution in [0.3, 0.4) is 0 Å². The smallest absolute Gasteiger partial charge is 0.251 e. The van der Waals surface area contributed by atoms with E-state index in [1.807, 2.05) is 80.8 Å². The predicted molar refractivity (Wildman–Crippen MR) is 143 cm³/mol. The Morgan fingerprint density at radius 3 is 1.73 bits per heavy atom. The van der Waals surface area contributed by atoms with Crippen molar-refractivity contribution in [2.24, 2.45) is 0 Å². The molecular weight excluding hydrogens is 406 g/mol. The van der Waals surface area contributed by atoms with Crippen LogP contribution in [-0.4, -0.2) is 27.1 Å². The van der Waals surface area contributed by atoms with Gasteiger partial charge in [-0.3, -0.25) is 4.79 Å².